The van der Waals surface area contributed by atoms with Gasteiger partial charge in [-0.2, -0.15) is 15.0 Å². The lowest BCUT2D eigenvalue weighted by Crippen LogP contribution is -2.10. The van der Waals surface area contributed by atoms with Crippen LogP contribution in [0.1, 0.15) is 0 Å². The van der Waals surface area contributed by atoms with Gasteiger partial charge in [-0.05, 0) is 93.0 Å². The first kappa shape index (κ1) is 35.5. The second kappa shape index (κ2) is 14.7. The van der Waals surface area contributed by atoms with Gasteiger partial charge in [0.05, 0.1) is 22.1 Å². The summed E-state index contributed by atoms with van der Waals surface area (Å²) in [5.41, 5.74) is 14.4. The molecule has 0 aliphatic heterocycles. The van der Waals surface area contributed by atoms with Crippen LogP contribution in [0, 0.1) is 0 Å². The second-order valence-electron chi connectivity index (χ2n) is 15.7. The highest BCUT2D eigenvalue weighted by atomic mass is 15.3. The molecule has 0 aliphatic carbocycles. The molecular weight excluding hydrogens is 755 g/mol. The van der Waals surface area contributed by atoms with E-state index in [0.717, 1.165) is 65.9 Å². The number of aromatic nitrogens is 5. The Morgan fingerprint density at radius 3 is 0.968 bits per heavy atom. The van der Waals surface area contributed by atoms with E-state index in [1.165, 1.54) is 27.8 Å². The van der Waals surface area contributed by atoms with Crippen molar-refractivity contribution in [2.24, 2.45) is 0 Å². The van der Waals surface area contributed by atoms with Gasteiger partial charge in [0.25, 0.3) is 0 Å². The predicted molar refractivity (Wildman–Crippen MR) is 256 cm³/mol. The van der Waals surface area contributed by atoms with Crippen molar-refractivity contribution in [3.8, 4) is 67.8 Å². The number of benzene rings is 9. The number of hydrogen-bond acceptors (Lipinski definition) is 3. The van der Waals surface area contributed by atoms with E-state index in [9.17, 15) is 0 Å². The van der Waals surface area contributed by atoms with Crippen LogP contribution in [-0.2, 0) is 0 Å². The molecule has 0 saturated carbocycles. The second-order valence-corrected chi connectivity index (χ2v) is 15.7. The molecule has 12 aromatic rings. The smallest absolute Gasteiger partial charge is 0.240 e. The molecule has 0 radical (unpaired) electrons. The Balaban J connectivity index is 0.990. The Kier molecular flexibility index (Phi) is 8.42. The van der Waals surface area contributed by atoms with Crippen molar-refractivity contribution < 1.29 is 0 Å². The zero-order valence-electron chi connectivity index (χ0n) is 33.6. The van der Waals surface area contributed by atoms with Gasteiger partial charge in [0.2, 0.25) is 11.9 Å². The van der Waals surface area contributed by atoms with E-state index in [2.05, 4.69) is 234 Å². The first-order chi connectivity index (χ1) is 30.7. The molecule has 5 nitrogen and oxygen atoms in total. The van der Waals surface area contributed by atoms with Gasteiger partial charge < -0.3 is 0 Å². The van der Waals surface area contributed by atoms with E-state index in [0.29, 0.717) is 17.7 Å². The summed E-state index contributed by atoms with van der Waals surface area (Å²) in [6.07, 6.45) is 0. The minimum Gasteiger partial charge on any atom is -0.278 e. The first-order valence-corrected chi connectivity index (χ1v) is 20.9. The Morgan fingerprint density at radius 2 is 0.532 bits per heavy atom. The topological polar surface area (TPSA) is 48.5 Å². The third-order valence-corrected chi connectivity index (χ3v) is 12.0. The maximum Gasteiger partial charge on any atom is 0.240 e. The molecule has 0 fully saturated rings. The van der Waals surface area contributed by atoms with Gasteiger partial charge in [-0.3, -0.25) is 9.13 Å². The zero-order valence-corrected chi connectivity index (χ0v) is 33.6. The van der Waals surface area contributed by atoms with Gasteiger partial charge in [-0.15, -0.1) is 0 Å². The van der Waals surface area contributed by atoms with E-state index in [1.54, 1.807) is 0 Å². The molecule has 0 saturated heterocycles. The summed E-state index contributed by atoms with van der Waals surface area (Å²) in [7, 11) is 0. The van der Waals surface area contributed by atoms with Crippen LogP contribution in [0.15, 0.2) is 224 Å². The maximum atomic E-state index is 5.30. The van der Waals surface area contributed by atoms with Crippen molar-refractivity contribution in [1.29, 1.82) is 0 Å². The summed E-state index contributed by atoms with van der Waals surface area (Å²) in [5.74, 6) is 1.72. The summed E-state index contributed by atoms with van der Waals surface area (Å²) in [6.45, 7) is 0. The van der Waals surface area contributed by atoms with Crippen molar-refractivity contribution in [1.82, 2.24) is 24.1 Å². The van der Waals surface area contributed by atoms with Crippen LogP contribution < -0.4 is 0 Å². The molecule has 62 heavy (non-hydrogen) atoms. The number of nitrogens with zero attached hydrogens (tertiary/aromatic N) is 5. The van der Waals surface area contributed by atoms with Crippen molar-refractivity contribution in [3.05, 3.63) is 224 Å². The highest BCUT2D eigenvalue weighted by Crippen LogP contribution is 2.37. The molecule has 0 N–H and O–H groups in total. The molecule has 3 heterocycles. The first-order valence-electron chi connectivity index (χ1n) is 20.9. The molecule has 5 heteroatoms. The van der Waals surface area contributed by atoms with Gasteiger partial charge >= 0.3 is 0 Å². The summed E-state index contributed by atoms with van der Waals surface area (Å²) < 4.78 is 4.34. The lowest BCUT2D eigenvalue weighted by Gasteiger charge is -2.13. The Labute approximate surface area is 358 Å². The van der Waals surface area contributed by atoms with Crippen LogP contribution in [0.3, 0.4) is 0 Å². The number of hydrogen-bond donors (Lipinski definition) is 0. The standard InChI is InChI=1S/C57H37N5/c1-3-16-38(17-4-1)44-35-45(39-18-5-2-6-19-39)37-46(36-44)43-21-15-20-42(34-43)40-30-32-41(33-31-40)55-58-56(61-51-26-11-7-22-47(51)48-23-8-12-27-52(48)61)60-57(59-55)62-53-28-13-9-24-49(53)50-25-10-14-29-54(50)62/h1-37H. The largest absolute Gasteiger partial charge is 0.278 e. The van der Waals surface area contributed by atoms with Crippen LogP contribution >= 0.6 is 0 Å². The number of fused-ring (bicyclic) bond motifs is 6. The fourth-order valence-corrected chi connectivity index (χ4v) is 9.04. The zero-order chi connectivity index (χ0) is 41.0. The summed E-state index contributed by atoms with van der Waals surface area (Å²) >= 11 is 0. The van der Waals surface area contributed by atoms with Crippen molar-refractivity contribution in [2.45, 2.75) is 0 Å². The quantitative estimate of drug-likeness (QED) is 0.162. The average molecular weight is 792 g/mol. The lowest BCUT2D eigenvalue weighted by molar-refractivity contribution is 0.893. The minimum atomic E-state index is 0.564. The number of para-hydroxylation sites is 4. The molecule has 0 bridgehead atoms. The van der Waals surface area contributed by atoms with Crippen molar-refractivity contribution in [3.63, 3.8) is 0 Å². The highest BCUT2D eigenvalue weighted by Gasteiger charge is 2.20. The molecule has 0 amide bonds. The highest BCUT2D eigenvalue weighted by molar-refractivity contribution is 6.10. The molecule has 0 spiro atoms. The minimum absolute atomic E-state index is 0.564. The van der Waals surface area contributed by atoms with E-state index in [1.807, 2.05) is 0 Å². The molecule has 0 unspecified atom stereocenters. The third kappa shape index (κ3) is 6.06. The van der Waals surface area contributed by atoms with Crippen LogP contribution in [-0.4, -0.2) is 24.1 Å². The van der Waals surface area contributed by atoms with Gasteiger partial charge in [0.1, 0.15) is 0 Å². The van der Waals surface area contributed by atoms with Crippen LogP contribution in [0.25, 0.3) is 111 Å². The van der Waals surface area contributed by atoms with E-state index in [4.69, 9.17) is 15.0 Å². The van der Waals surface area contributed by atoms with Crippen LogP contribution in [0.5, 0.6) is 0 Å². The monoisotopic (exact) mass is 791 g/mol. The molecular formula is C57H37N5. The van der Waals surface area contributed by atoms with Crippen LogP contribution in [0.2, 0.25) is 0 Å². The van der Waals surface area contributed by atoms with Crippen LogP contribution in [0.4, 0.5) is 0 Å². The normalized spacial score (nSPS) is 11.5. The Hall–Kier alpha value is -8.41. The molecule has 0 aliphatic rings. The predicted octanol–water partition coefficient (Wildman–Crippen LogP) is 14.4. The summed E-state index contributed by atoms with van der Waals surface area (Å²) in [6, 6.07) is 79.4. The molecule has 290 valence electrons. The fraction of sp³-hybridized carbons (Fsp3) is 0. The Morgan fingerprint density at radius 1 is 0.226 bits per heavy atom. The van der Waals surface area contributed by atoms with Gasteiger partial charge in [-0.25, -0.2) is 0 Å². The fourth-order valence-electron chi connectivity index (χ4n) is 9.04. The van der Waals surface area contributed by atoms with E-state index < -0.39 is 0 Å². The summed E-state index contributed by atoms with van der Waals surface area (Å²) in [4.78, 5) is 15.8. The lowest BCUT2D eigenvalue weighted by atomic mass is 9.92. The van der Waals surface area contributed by atoms with Gasteiger partial charge in [0, 0.05) is 27.1 Å². The summed E-state index contributed by atoms with van der Waals surface area (Å²) in [5, 5.41) is 4.60. The third-order valence-electron chi connectivity index (χ3n) is 12.0. The van der Waals surface area contributed by atoms with Crippen molar-refractivity contribution >= 4 is 43.6 Å². The van der Waals surface area contributed by atoms with Gasteiger partial charge in [-0.1, -0.05) is 176 Å². The number of rotatable bonds is 7. The molecule has 12 rings (SSSR count). The molecule has 9 aromatic carbocycles. The molecule has 0 atom stereocenters. The SMILES string of the molecule is c1ccc(-c2cc(-c3ccccc3)cc(-c3cccc(-c4ccc(-c5nc(-n6c7ccccc7c7ccccc76)nc(-n6c7ccccc7c7ccccc76)n5)cc4)c3)c2)cc1. The Bertz CT molecular complexity index is 3330. The van der Waals surface area contributed by atoms with E-state index in [-0.39, 0.29) is 0 Å². The van der Waals surface area contributed by atoms with E-state index >= 15 is 0 Å². The van der Waals surface area contributed by atoms with Crippen molar-refractivity contribution in [2.75, 3.05) is 0 Å². The molecule has 3 aromatic heterocycles. The van der Waals surface area contributed by atoms with Gasteiger partial charge in [0.15, 0.2) is 5.82 Å². The maximum absolute atomic E-state index is 5.30. The average Bonchev–Trinajstić information content (AvgIpc) is 3.88.